The topological polar surface area (TPSA) is 35.2 Å². The van der Waals surface area contributed by atoms with Crippen LogP contribution in [-0.4, -0.2) is 6.36 Å². The molecular weight excluding hydrogens is 255 g/mol. The van der Waals surface area contributed by atoms with Crippen molar-refractivity contribution < 1.29 is 17.9 Å². The van der Waals surface area contributed by atoms with Gasteiger partial charge in [-0.05, 0) is 41.8 Å². The van der Waals surface area contributed by atoms with E-state index in [0.717, 1.165) is 11.1 Å². The summed E-state index contributed by atoms with van der Waals surface area (Å²) in [5.74, 6) is -0.246. The summed E-state index contributed by atoms with van der Waals surface area (Å²) < 4.78 is 40.3. The first-order valence-corrected chi connectivity index (χ1v) is 5.57. The number of hydrogen-bond donors (Lipinski definition) is 1. The number of benzene rings is 2. The standard InChI is InChI=1S/C14H12F3NO/c1-9-5-6-11(8-13(9)18)10-3-2-4-12(7-10)19-14(15,16)17/h2-8H,18H2,1H3. The Hall–Kier alpha value is -2.17. The van der Waals surface area contributed by atoms with E-state index < -0.39 is 6.36 Å². The monoisotopic (exact) mass is 267 g/mol. The number of aryl methyl sites for hydroxylation is 1. The van der Waals surface area contributed by atoms with Gasteiger partial charge in [-0.15, -0.1) is 13.2 Å². The Morgan fingerprint density at radius 2 is 1.68 bits per heavy atom. The van der Waals surface area contributed by atoms with E-state index in [2.05, 4.69) is 4.74 Å². The molecule has 5 heteroatoms. The normalized spacial score (nSPS) is 11.4. The van der Waals surface area contributed by atoms with Crippen molar-refractivity contribution in [1.29, 1.82) is 0 Å². The highest BCUT2D eigenvalue weighted by molar-refractivity contribution is 5.69. The van der Waals surface area contributed by atoms with Crippen molar-refractivity contribution >= 4 is 5.69 Å². The van der Waals surface area contributed by atoms with E-state index in [1.807, 2.05) is 13.0 Å². The second-order valence-corrected chi connectivity index (χ2v) is 4.15. The maximum Gasteiger partial charge on any atom is 0.573 e. The number of halogens is 3. The zero-order valence-corrected chi connectivity index (χ0v) is 10.2. The van der Waals surface area contributed by atoms with Gasteiger partial charge < -0.3 is 10.5 Å². The van der Waals surface area contributed by atoms with E-state index in [0.29, 0.717) is 11.3 Å². The molecular formula is C14H12F3NO. The van der Waals surface area contributed by atoms with E-state index in [1.54, 1.807) is 18.2 Å². The van der Waals surface area contributed by atoms with Crippen LogP contribution in [0, 0.1) is 6.92 Å². The Morgan fingerprint density at radius 3 is 2.32 bits per heavy atom. The van der Waals surface area contributed by atoms with E-state index in [1.165, 1.54) is 18.2 Å². The number of alkyl halides is 3. The van der Waals surface area contributed by atoms with Gasteiger partial charge in [0.05, 0.1) is 0 Å². The summed E-state index contributed by atoms with van der Waals surface area (Å²) in [5.41, 5.74) is 8.67. The first-order valence-electron chi connectivity index (χ1n) is 5.57. The quantitative estimate of drug-likeness (QED) is 0.830. The summed E-state index contributed by atoms with van der Waals surface area (Å²) in [7, 11) is 0. The molecule has 0 aliphatic rings. The second-order valence-electron chi connectivity index (χ2n) is 4.15. The molecule has 0 saturated carbocycles. The summed E-state index contributed by atoms with van der Waals surface area (Å²) in [6.07, 6.45) is -4.69. The molecule has 0 radical (unpaired) electrons. The highest BCUT2D eigenvalue weighted by atomic mass is 19.4. The maximum atomic E-state index is 12.2. The van der Waals surface area contributed by atoms with E-state index in [9.17, 15) is 13.2 Å². The summed E-state index contributed by atoms with van der Waals surface area (Å²) in [6.45, 7) is 1.86. The molecule has 0 aliphatic carbocycles. The number of ether oxygens (including phenoxy) is 1. The van der Waals surface area contributed by atoms with Gasteiger partial charge in [0.15, 0.2) is 0 Å². The molecule has 19 heavy (non-hydrogen) atoms. The van der Waals surface area contributed by atoms with Crippen LogP contribution in [0.1, 0.15) is 5.56 Å². The van der Waals surface area contributed by atoms with Crippen LogP contribution in [0.25, 0.3) is 11.1 Å². The average Bonchev–Trinajstić information content (AvgIpc) is 2.31. The summed E-state index contributed by atoms with van der Waals surface area (Å²) in [4.78, 5) is 0. The third-order valence-corrected chi connectivity index (χ3v) is 2.68. The Labute approximate surface area is 108 Å². The maximum absolute atomic E-state index is 12.2. The molecule has 0 atom stereocenters. The van der Waals surface area contributed by atoms with Gasteiger partial charge in [0.2, 0.25) is 0 Å². The largest absolute Gasteiger partial charge is 0.573 e. The van der Waals surface area contributed by atoms with Gasteiger partial charge in [0.1, 0.15) is 5.75 Å². The van der Waals surface area contributed by atoms with Crippen LogP contribution in [0.15, 0.2) is 42.5 Å². The number of anilines is 1. The van der Waals surface area contributed by atoms with Gasteiger partial charge in [-0.2, -0.15) is 0 Å². The van der Waals surface area contributed by atoms with Crippen LogP contribution >= 0.6 is 0 Å². The Bertz CT molecular complexity index is 593. The average molecular weight is 267 g/mol. The number of nitrogen functional groups attached to an aromatic ring is 1. The van der Waals surface area contributed by atoms with Crippen LogP contribution in [0.5, 0.6) is 5.75 Å². The van der Waals surface area contributed by atoms with E-state index in [-0.39, 0.29) is 5.75 Å². The highest BCUT2D eigenvalue weighted by Crippen LogP contribution is 2.29. The van der Waals surface area contributed by atoms with Gasteiger partial charge in [0, 0.05) is 5.69 Å². The Balaban J connectivity index is 2.35. The van der Waals surface area contributed by atoms with Crippen LogP contribution in [0.2, 0.25) is 0 Å². The minimum absolute atomic E-state index is 0.246. The molecule has 0 unspecified atom stereocenters. The number of hydrogen-bond acceptors (Lipinski definition) is 2. The Morgan fingerprint density at radius 1 is 1.00 bits per heavy atom. The summed E-state index contributed by atoms with van der Waals surface area (Å²) >= 11 is 0. The number of rotatable bonds is 2. The predicted octanol–water partition coefficient (Wildman–Crippen LogP) is 4.14. The fraction of sp³-hybridized carbons (Fsp3) is 0.143. The van der Waals surface area contributed by atoms with Crippen molar-refractivity contribution in [1.82, 2.24) is 0 Å². The Kier molecular flexibility index (Phi) is 3.38. The van der Waals surface area contributed by atoms with Crippen LogP contribution in [-0.2, 0) is 0 Å². The van der Waals surface area contributed by atoms with E-state index >= 15 is 0 Å². The predicted molar refractivity (Wildman–Crippen MR) is 67.7 cm³/mol. The number of nitrogens with two attached hydrogens (primary N) is 1. The molecule has 0 aromatic heterocycles. The zero-order chi connectivity index (χ0) is 14.0. The smallest absolute Gasteiger partial charge is 0.406 e. The molecule has 0 bridgehead atoms. The second kappa shape index (κ2) is 4.84. The third-order valence-electron chi connectivity index (χ3n) is 2.68. The summed E-state index contributed by atoms with van der Waals surface area (Å²) in [5, 5.41) is 0. The lowest BCUT2D eigenvalue weighted by Crippen LogP contribution is -2.17. The molecule has 0 amide bonds. The molecule has 2 N–H and O–H groups in total. The minimum Gasteiger partial charge on any atom is -0.406 e. The fourth-order valence-electron chi connectivity index (χ4n) is 1.69. The van der Waals surface area contributed by atoms with Crippen LogP contribution < -0.4 is 10.5 Å². The van der Waals surface area contributed by atoms with Crippen molar-refractivity contribution in [2.45, 2.75) is 13.3 Å². The molecule has 0 aliphatic heterocycles. The molecule has 0 fully saturated rings. The molecule has 2 rings (SSSR count). The first-order chi connectivity index (χ1) is 8.85. The lowest BCUT2D eigenvalue weighted by Gasteiger charge is -2.10. The molecule has 2 aromatic rings. The minimum atomic E-state index is -4.69. The lowest BCUT2D eigenvalue weighted by atomic mass is 10.0. The fourth-order valence-corrected chi connectivity index (χ4v) is 1.69. The molecule has 2 aromatic carbocycles. The molecule has 0 saturated heterocycles. The van der Waals surface area contributed by atoms with Gasteiger partial charge in [0.25, 0.3) is 0 Å². The SMILES string of the molecule is Cc1ccc(-c2cccc(OC(F)(F)F)c2)cc1N. The summed E-state index contributed by atoms with van der Waals surface area (Å²) in [6, 6.07) is 11.1. The lowest BCUT2D eigenvalue weighted by molar-refractivity contribution is -0.274. The molecule has 0 spiro atoms. The molecule has 0 heterocycles. The van der Waals surface area contributed by atoms with Crippen LogP contribution in [0.4, 0.5) is 18.9 Å². The van der Waals surface area contributed by atoms with Crippen molar-refractivity contribution in [3.05, 3.63) is 48.0 Å². The van der Waals surface area contributed by atoms with E-state index in [4.69, 9.17) is 5.73 Å². The van der Waals surface area contributed by atoms with Crippen molar-refractivity contribution in [2.75, 3.05) is 5.73 Å². The van der Waals surface area contributed by atoms with Gasteiger partial charge in [-0.1, -0.05) is 24.3 Å². The molecule has 2 nitrogen and oxygen atoms in total. The highest BCUT2D eigenvalue weighted by Gasteiger charge is 2.31. The van der Waals surface area contributed by atoms with Crippen molar-refractivity contribution in [2.24, 2.45) is 0 Å². The molecule has 100 valence electrons. The van der Waals surface area contributed by atoms with Gasteiger partial charge >= 0.3 is 6.36 Å². The van der Waals surface area contributed by atoms with Gasteiger partial charge in [-0.3, -0.25) is 0 Å². The zero-order valence-electron chi connectivity index (χ0n) is 10.2. The van der Waals surface area contributed by atoms with Crippen LogP contribution in [0.3, 0.4) is 0 Å². The van der Waals surface area contributed by atoms with Gasteiger partial charge in [-0.25, -0.2) is 0 Å². The first kappa shape index (κ1) is 13.3. The van der Waals surface area contributed by atoms with Crippen molar-refractivity contribution in [3.63, 3.8) is 0 Å². The van der Waals surface area contributed by atoms with Crippen molar-refractivity contribution in [3.8, 4) is 16.9 Å². The third kappa shape index (κ3) is 3.40.